The van der Waals surface area contributed by atoms with E-state index in [1.54, 1.807) is 5.01 Å². The lowest BCUT2D eigenvalue weighted by Gasteiger charge is -2.35. The molecule has 2 atom stereocenters. The first-order valence-electron chi connectivity index (χ1n) is 12.0. The Morgan fingerprint density at radius 2 is 1.71 bits per heavy atom. The number of likely N-dealkylation sites (tertiary alicyclic amines) is 1. The van der Waals surface area contributed by atoms with Crippen molar-refractivity contribution >= 4 is 28.3 Å². The van der Waals surface area contributed by atoms with Crippen molar-refractivity contribution in [3.05, 3.63) is 83.9 Å². The van der Waals surface area contributed by atoms with Crippen molar-refractivity contribution in [2.45, 2.75) is 44.2 Å². The van der Waals surface area contributed by atoms with Gasteiger partial charge in [-0.25, -0.2) is 5.01 Å². The number of nitrogens with two attached hydrogens (primary N) is 1. The fourth-order valence-electron chi connectivity index (χ4n) is 5.20. The van der Waals surface area contributed by atoms with Gasteiger partial charge in [0.05, 0.1) is 18.3 Å². The molecule has 0 radical (unpaired) electrons. The van der Waals surface area contributed by atoms with E-state index in [9.17, 15) is 9.59 Å². The Balaban J connectivity index is 1.43. The molecule has 3 aromatic rings. The van der Waals surface area contributed by atoms with Gasteiger partial charge in [-0.1, -0.05) is 73.2 Å². The number of fused-ring (bicyclic) bond motifs is 1. The van der Waals surface area contributed by atoms with Crippen molar-refractivity contribution in [3.63, 3.8) is 0 Å². The van der Waals surface area contributed by atoms with E-state index in [2.05, 4.69) is 47.4 Å². The van der Waals surface area contributed by atoms with E-state index < -0.39 is 0 Å². The second kappa shape index (κ2) is 9.77. The molecule has 1 saturated heterocycles. The van der Waals surface area contributed by atoms with Crippen LogP contribution in [0.15, 0.2) is 77.9 Å². The molecule has 0 aromatic heterocycles. The van der Waals surface area contributed by atoms with E-state index in [0.717, 1.165) is 48.0 Å². The Morgan fingerprint density at radius 3 is 2.50 bits per heavy atom. The molecular weight excluding hydrogens is 424 g/mol. The highest BCUT2D eigenvalue weighted by atomic mass is 16.2. The number of benzene rings is 3. The molecule has 34 heavy (non-hydrogen) atoms. The Bertz CT molecular complexity index is 1220. The average Bonchev–Trinajstić information content (AvgIpc) is 3.31. The molecule has 0 bridgehead atoms. The van der Waals surface area contributed by atoms with Crippen molar-refractivity contribution < 1.29 is 9.59 Å². The van der Waals surface area contributed by atoms with Crippen molar-refractivity contribution in [2.24, 2.45) is 10.8 Å². The summed E-state index contributed by atoms with van der Waals surface area (Å²) >= 11 is 0. The number of carbonyl (C=O) groups excluding carboxylic acids is 2. The van der Waals surface area contributed by atoms with Crippen LogP contribution in [0.4, 0.5) is 0 Å². The van der Waals surface area contributed by atoms with Crippen LogP contribution in [0, 0.1) is 0 Å². The molecule has 5 rings (SSSR count). The predicted molar refractivity (Wildman–Crippen MR) is 134 cm³/mol. The van der Waals surface area contributed by atoms with E-state index >= 15 is 0 Å². The topological polar surface area (TPSA) is 79.0 Å². The van der Waals surface area contributed by atoms with E-state index in [0.29, 0.717) is 12.8 Å². The normalized spacial score (nSPS) is 20.9. The third-order valence-corrected chi connectivity index (χ3v) is 6.96. The number of amides is 2. The van der Waals surface area contributed by atoms with Crippen molar-refractivity contribution in [3.8, 4) is 0 Å². The monoisotopic (exact) mass is 454 g/mol. The zero-order chi connectivity index (χ0) is 23.5. The maximum atomic E-state index is 13.6. The first-order chi connectivity index (χ1) is 16.6. The van der Waals surface area contributed by atoms with Gasteiger partial charge in [0.2, 0.25) is 5.91 Å². The van der Waals surface area contributed by atoms with Crippen molar-refractivity contribution in [1.29, 1.82) is 0 Å². The van der Waals surface area contributed by atoms with Gasteiger partial charge in [-0.05, 0) is 47.4 Å². The summed E-state index contributed by atoms with van der Waals surface area (Å²) in [5.41, 5.74) is 8.51. The van der Waals surface area contributed by atoms with Crippen LogP contribution in [0.1, 0.15) is 49.3 Å². The number of rotatable bonds is 6. The van der Waals surface area contributed by atoms with Crippen LogP contribution in [-0.2, 0) is 9.59 Å². The summed E-state index contributed by atoms with van der Waals surface area (Å²) in [6, 6.07) is 24.6. The Labute approximate surface area is 200 Å². The number of hydrogen-bond donors (Lipinski definition) is 1. The quantitative estimate of drug-likeness (QED) is 0.605. The smallest absolute Gasteiger partial charge is 0.257 e. The lowest BCUT2D eigenvalue weighted by atomic mass is 9.96. The highest BCUT2D eigenvalue weighted by Gasteiger charge is 2.35. The first-order valence-corrected chi connectivity index (χ1v) is 12.0. The fourth-order valence-corrected chi connectivity index (χ4v) is 5.20. The van der Waals surface area contributed by atoms with E-state index in [1.807, 2.05) is 30.3 Å². The molecule has 6 heteroatoms. The van der Waals surface area contributed by atoms with Gasteiger partial charge in [0.1, 0.15) is 0 Å². The highest BCUT2D eigenvalue weighted by molar-refractivity contribution is 6.05. The highest BCUT2D eigenvalue weighted by Crippen LogP contribution is 2.34. The SMILES string of the molecule is NC(=O)CC1CCCCN1CC(=O)N1N=C(c2ccc3ccccc3c2)CC1c1ccccc1. The maximum absolute atomic E-state index is 13.6. The minimum Gasteiger partial charge on any atom is -0.370 e. The van der Waals surface area contributed by atoms with Gasteiger partial charge in [0.15, 0.2) is 0 Å². The number of piperidine rings is 1. The molecule has 0 aliphatic carbocycles. The minimum atomic E-state index is -0.315. The summed E-state index contributed by atoms with van der Waals surface area (Å²) in [5.74, 6) is -0.356. The largest absolute Gasteiger partial charge is 0.370 e. The molecule has 1 fully saturated rings. The zero-order valence-corrected chi connectivity index (χ0v) is 19.3. The summed E-state index contributed by atoms with van der Waals surface area (Å²) in [6.07, 6.45) is 3.93. The van der Waals surface area contributed by atoms with Gasteiger partial charge in [-0.2, -0.15) is 5.10 Å². The zero-order valence-electron chi connectivity index (χ0n) is 19.3. The molecule has 2 aliphatic rings. The summed E-state index contributed by atoms with van der Waals surface area (Å²) in [7, 11) is 0. The lowest BCUT2D eigenvalue weighted by molar-refractivity contribution is -0.136. The predicted octanol–water partition coefficient (Wildman–Crippen LogP) is 4.25. The maximum Gasteiger partial charge on any atom is 0.257 e. The van der Waals surface area contributed by atoms with Crippen molar-refractivity contribution in [1.82, 2.24) is 9.91 Å². The molecule has 2 heterocycles. The number of hydrazone groups is 1. The molecule has 6 nitrogen and oxygen atoms in total. The molecule has 0 saturated carbocycles. The molecule has 2 amide bonds. The number of primary amides is 1. The molecule has 174 valence electrons. The minimum absolute atomic E-state index is 0.0249. The summed E-state index contributed by atoms with van der Waals surface area (Å²) in [4.78, 5) is 27.3. The van der Waals surface area contributed by atoms with Gasteiger partial charge >= 0.3 is 0 Å². The van der Waals surface area contributed by atoms with Crippen LogP contribution in [0.2, 0.25) is 0 Å². The van der Waals surface area contributed by atoms with Crippen LogP contribution in [0.3, 0.4) is 0 Å². The third kappa shape index (κ3) is 4.73. The van der Waals surface area contributed by atoms with Crippen LogP contribution < -0.4 is 5.73 Å². The fraction of sp³-hybridized carbons (Fsp3) is 0.321. The lowest BCUT2D eigenvalue weighted by Crippen LogP contribution is -2.47. The first kappa shape index (κ1) is 22.3. The van der Waals surface area contributed by atoms with Gasteiger partial charge < -0.3 is 5.73 Å². The molecular formula is C28H30N4O2. The van der Waals surface area contributed by atoms with Gasteiger partial charge in [-0.15, -0.1) is 0 Å². The standard InChI is InChI=1S/C28H30N4O2/c29-27(33)17-24-12-6-7-15-31(24)19-28(34)32-26(21-9-2-1-3-10-21)18-25(30-32)23-14-13-20-8-4-5-11-22(20)16-23/h1-5,8-11,13-14,16,24,26H,6-7,12,15,17-19H2,(H2,29,33). The molecule has 2 unspecified atom stereocenters. The van der Waals surface area contributed by atoms with E-state index in [-0.39, 0.29) is 30.4 Å². The summed E-state index contributed by atoms with van der Waals surface area (Å²) < 4.78 is 0. The molecule has 3 aromatic carbocycles. The van der Waals surface area contributed by atoms with Crippen molar-refractivity contribution in [2.75, 3.05) is 13.1 Å². The van der Waals surface area contributed by atoms with E-state index in [4.69, 9.17) is 10.8 Å². The Hall–Kier alpha value is -3.51. The summed E-state index contributed by atoms with van der Waals surface area (Å²) in [6.45, 7) is 1.05. The Kier molecular flexibility index (Phi) is 6.41. The number of hydrogen-bond acceptors (Lipinski definition) is 4. The second-order valence-corrected chi connectivity index (χ2v) is 9.27. The van der Waals surface area contributed by atoms with Gasteiger partial charge in [0.25, 0.3) is 5.91 Å². The van der Waals surface area contributed by atoms with Gasteiger partial charge in [-0.3, -0.25) is 14.5 Å². The second-order valence-electron chi connectivity index (χ2n) is 9.27. The van der Waals surface area contributed by atoms with Crippen LogP contribution in [-0.4, -0.2) is 46.6 Å². The van der Waals surface area contributed by atoms with Crippen LogP contribution in [0.5, 0.6) is 0 Å². The summed E-state index contributed by atoms with van der Waals surface area (Å²) in [5, 5.41) is 8.86. The average molecular weight is 455 g/mol. The van der Waals surface area contributed by atoms with Crippen LogP contribution >= 0.6 is 0 Å². The van der Waals surface area contributed by atoms with Crippen LogP contribution in [0.25, 0.3) is 10.8 Å². The molecule has 2 aliphatic heterocycles. The van der Waals surface area contributed by atoms with Gasteiger partial charge in [0, 0.05) is 18.9 Å². The number of nitrogens with zero attached hydrogens (tertiary/aromatic N) is 3. The van der Waals surface area contributed by atoms with E-state index in [1.165, 1.54) is 5.39 Å². The molecule has 0 spiro atoms. The number of carbonyl (C=O) groups is 2. The third-order valence-electron chi connectivity index (χ3n) is 6.96. The molecule has 2 N–H and O–H groups in total. The Morgan fingerprint density at radius 1 is 0.941 bits per heavy atom.